The summed E-state index contributed by atoms with van der Waals surface area (Å²) in [6, 6.07) is 25.6. The van der Waals surface area contributed by atoms with Crippen LogP contribution in [0.2, 0.25) is 0 Å². The molecule has 5 rings (SSSR count). The van der Waals surface area contributed by atoms with Gasteiger partial charge in [-0.3, -0.25) is 19.8 Å². The van der Waals surface area contributed by atoms with Crippen molar-refractivity contribution in [1.29, 1.82) is 0 Å². The molecule has 0 aliphatic carbocycles. The van der Waals surface area contributed by atoms with Crippen LogP contribution in [-0.2, 0) is 20.9 Å². The maximum Gasteiger partial charge on any atom is 0.327 e. The van der Waals surface area contributed by atoms with Crippen LogP contribution < -0.4 is 11.1 Å². The molecule has 0 radical (unpaired) electrons. The predicted molar refractivity (Wildman–Crippen MR) is 175 cm³/mol. The zero-order valence-electron chi connectivity index (χ0n) is 25.9. The molecule has 3 amide bonds. The van der Waals surface area contributed by atoms with Crippen LogP contribution in [0.5, 0.6) is 0 Å². The molecule has 1 saturated heterocycles. The molecule has 234 valence electrons. The summed E-state index contributed by atoms with van der Waals surface area (Å²) in [5.74, 6) is -0.954. The van der Waals surface area contributed by atoms with Crippen LogP contribution in [0.1, 0.15) is 55.7 Å². The Balaban J connectivity index is 1.57. The first-order valence-electron chi connectivity index (χ1n) is 15.6. The van der Waals surface area contributed by atoms with Gasteiger partial charge < -0.3 is 15.4 Å². The number of rotatable bonds is 11. The Morgan fingerprint density at radius 2 is 1.71 bits per heavy atom. The molecule has 2 atom stereocenters. The molecular weight excluding hydrogens is 566 g/mol. The molecule has 9 nitrogen and oxygen atoms in total. The second-order valence-corrected chi connectivity index (χ2v) is 11.5. The molecule has 0 spiro atoms. The summed E-state index contributed by atoms with van der Waals surface area (Å²) >= 11 is 0. The van der Waals surface area contributed by atoms with E-state index in [2.05, 4.69) is 10.3 Å². The van der Waals surface area contributed by atoms with Gasteiger partial charge in [0.1, 0.15) is 5.82 Å². The molecular formula is C36H41N5O4. The number of carbonyl (C=O) groups excluding carboxylic acids is 3. The molecule has 2 heterocycles. The predicted octanol–water partition coefficient (Wildman–Crippen LogP) is 5.49. The number of nitrogen functional groups attached to an aromatic ring is 1. The number of nitrogens with one attached hydrogen (secondary N) is 1. The number of imide groups is 1. The third kappa shape index (κ3) is 7.49. The van der Waals surface area contributed by atoms with Gasteiger partial charge in [0.05, 0.1) is 25.7 Å². The van der Waals surface area contributed by atoms with Crippen LogP contribution in [-0.4, -0.2) is 64.5 Å². The highest BCUT2D eigenvalue weighted by Crippen LogP contribution is 2.31. The Hall–Kier alpha value is -4.76. The highest BCUT2D eigenvalue weighted by Gasteiger charge is 2.39. The van der Waals surface area contributed by atoms with E-state index in [0.29, 0.717) is 25.4 Å². The summed E-state index contributed by atoms with van der Waals surface area (Å²) in [7, 11) is 0. The van der Waals surface area contributed by atoms with Crippen LogP contribution in [0.25, 0.3) is 10.8 Å². The fraction of sp³-hybridized carbons (Fsp3) is 0.333. The largest absolute Gasteiger partial charge is 0.465 e. The Morgan fingerprint density at radius 3 is 2.33 bits per heavy atom. The molecule has 0 bridgehead atoms. The number of likely N-dealkylation sites (tertiary alicyclic amines) is 1. The quantitative estimate of drug-likeness (QED) is 0.217. The number of hydrogen-bond donors (Lipinski definition) is 2. The number of pyridine rings is 1. The number of benzene rings is 3. The van der Waals surface area contributed by atoms with E-state index in [1.54, 1.807) is 11.1 Å². The monoisotopic (exact) mass is 607 g/mol. The number of hydrogen-bond acceptors (Lipinski definition) is 7. The van der Waals surface area contributed by atoms with Gasteiger partial charge in [-0.15, -0.1) is 0 Å². The molecule has 3 N–H and O–H groups in total. The number of carbonyl (C=O) groups is 3. The van der Waals surface area contributed by atoms with Gasteiger partial charge >= 0.3 is 12.0 Å². The van der Waals surface area contributed by atoms with E-state index < -0.39 is 23.8 Å². The van der Waals surface area contributed by atoms with Crippen molar-refractivity contribution in [2.75, 3.05) is 25.4 Å². The van der Waals surface area contributed by atoms with E-state index in [0.717, 1.165) is 40.3 Å². The molecule has 1 fully saturated rings. The van der Waals surface area contributed by atoms with Gasteiger partial charge in [0, 0.05) is 30.1 Å². The van der Waals surface area contributed by atoms with Crippen molar-refractivity contribution in [3.05, 3.63) is 108 Å². The number of amides is 3. The zero-order chi connectivity index (χ0) is 31.8. The van der Waals surface area contributed by atoms with Crippen LogP contribution in [0.3, 0.4) is 0 Å². The second kappa shape index (κ2) is 14.8. The Kier molecular flexibility index (Phi) is 10.4. The Labute approximate surface area is 264 Å². The summed E-state index contributed by atoms with van der Waals surface area (Å²) in [5, 5.41) is 4.90. The highest BCUT2D eigenvalue weighted by molar-refractivity contribution is 5.98. The molecule has 1 aliphatic heterocycles. The standard InChI is InChI=1S/C36H41N5O4/c1-3-21-45-31(42)23-39-33(32(27-12-6-4-7-13-27)28-14-8-5-9-15-28)35(43)41(36(44)40-20-10-11-25(40)2)24-26-16-17-30-29(22-26)18-19-38-34(30)37/h4-9,12-19,22,25,32-33,39H,3,10-11,20-21,23-24H2,1-2H3,(H2,37,38)/t25-,33-/m1/s1. The van der Waals surface area contributed by atoms with E-state index in [4.69, 9.17) is 10.5 Å². The molecule has 45 heavy (non-hydrogen) atoms. The number of esters is 1. The van der Waals surface area contributed by atoms with Gasteiger partial charge in [-0.1, -0.05) is 79.7 Å². The summed E-state index contributed by atoms with van der Waals surface area (Å²) in [5.41, 5.74) is 8.63. The first-order chi connectivity index (χ1) is 21.9. The van der Waals surface area contributed by atoms with Crippen molar-refractivity contribution in [3.63, 3.8) is 0 Å². The van der Waals surface area contributed by atoms with E-state index in [1.165, 1.54) is 4.90 Å². The normalized spacial score (nSPS) is 15.3. The average molecular weight is 608 g/mol. The number of ether oxygens (including phenoxy) is 1. The lowest BCUT2D eigenvalue weighted by atomic mass is 9.84. The minimum atomic E-state index is -0.953. The fourth-order valence-corrected chi connectivity index (χ4v) is 6.02. The first kappa shape index (κ1) is 31.7. The van der Waals surface area contributed by atoms with E-state index in [1.807, 2.05) is 98.8 Å². The molecule has 4 aromatic rings. The van der Waals surface area contributed by atoms with Gasteiger partial charge in [0.15, 0.2) is 0 Å². The number of anilines is 1. The van der Waals surface area contributed by atoms with Crippen molar-refractivity contribution in [2.24, 2.45) is 0 Å². The first-order valence-corrected chi connectivity index (χ1v) is 15.6. The van der Waals surface area contributed by atoms with Gasteiger partial charge in [-0.2, -0.15) is 0 Å². The third-order valence-corrected chi connectivity index (χ3v) is 8.35. The number of fused-ring (bicyclic) bond motifs is 1. The maximum absolute atomic E-state index is 14.9. The molecule has 0 unspecified atom stereocenters. The van der Waals surface area contributed by atoms with Crippen molar-refractivity contribution in [1.82, 2.24) is 20.1 Å². The van der Waals surface area contributed by atoms with E-state index >= 15 is 0 Å². The SMILES string of the molecule is CCCOC(=O)CN[C@@H](C(=O)N(Cc1ccc2c(N)nccc2c1)C(=O)N1CCC[C@H]1C)C(c1ccccc1)c1ccccc1. The van der Waals surface area contributed by atoms with Crippen LogP contribution in [0, 0.1) is 0 Å². The minimum Gasteiger partial charge on any atom is -0.465 e. The maximum atomic E-state index is 14.9. The summed E-state index contributed by atoms with van der Waals surface area (Å²) in [6.07, 6.45) is 4.08. The number of urea groups is 1. The topological polar surface area (TPSA) is 118 Å². The van der Waals surface area contributed by atoms with Gasteiger partial charge in [0.25, 0.3) is 0 Å². The number of aromatic nitrogens is 1. The van der Waals surface area contributed by atoms with Crippen LogP contribution in [0.15, 0.2) is 91.1 Å². The smallest absolute Gasteiger partial charge is 0.327 e. The highest BCUT2D eigenvalue weighted by atomic mass is 16.5. The fourth-order valence-electron chi connectivity index (χ4n) is 6.02. The minimum absolute atomic E-state index is 0.00440. The van der Waals surface area contributed by atoms with Crippen LogP contribution in [0.4, 0.5) is 10.6 Å². The van der Waals surface area contributed by atoms with Gasteiger partial charge in [-0.25, -0.2) is 9.78 Å². The lowest BCUT2D eigenvalue weighted by molar-refractivity contribution is -0.143. The molecule has 3 aromatic carbocycles. The number of nitrogens with zero attached hydrogens (tertiary/aromatic N) is 3. The summed E-state index contributed by atoms with van der Waals surface area (Å²) in [6.45, 7) is 4.67. The van der Waals surface area contributed by atoms with Crippen molar-refractivity contribution in [3.8, 4) is 0 Å². The Morgan fingerprint density at radius 1 is 1.02 bits per heavy atom. The van der Waals surface area contributed by atoms with E-state index in [-0.39, 0.29) is 25.2 Å². The van der Waals surface area contributed by atoms with Crippen LogP contribution >= 0.6 is 0 Å². The molecule has 0 saturated carbocycles. The van der Waals surface area contributed by atoms with E-state index in [9.17, 15) is 14.4 Å². The molecule has 1 aliphatic rings. The number of nitrogens with two attached hydrogens (primary N) is 1. The molecule has 1 aromatic heterocycles. The lowest BCUT2D eigenvalue weighted by Crippen LogP contribution is -2.55. The Bertz CT molecular complexity index is 1570. The third-order valence-electron chi connectivity index (χ3n) is 8.35. The zero-order valence-corrected chi connectivity index (χ0v) is 25.9. The van der Waals surface area contributed by atoms with Crippen molar-refractivity contribution >= 4 is 34.5 Å². The summed E-state index contributed by atoms with van der Waals surface area (Å²) < 4.78 is 5.35. The lowest BCUT2D eigenvalue weighted by Gasteiger charge is -2.35. The summed E-state index contributed by atoms with van der Waals surface area (Å²) in [4.78, 5) is 49.2. The second-order valence-electron chi connectivity index (χ2n) is 11.5. The van der Waals surface area contributed by atoms with Crippen molar-refractivity contribution < 1.29 is 19.1 Å². The molecule has 9 heteroatoms. The van der Waals surface area contributed by atoms with Gasteiger partial charge in [0.2, 0.25) is 5.91 Å². The van der Waals surface area contributed by atoms with Gasteiger partial charge in [-0.05, 0) is 60.4 Å². The average Bonchev–Trinajstić information content (AvgIpc) is 3.50. The van der Waals surface area contributed by atoms with Crippen molar-refractivity contribution in [2.45, 2.75) is 57.7 Å².